The molecule has 0 radical (unpaired) electrons. The van der Waals surface area contributed by atoms with Crippen LogP contribution in [0.2, 0.25) is 0 Å². The van der Waals surface area contributed by atoms with E-state index in [9.17, 15) is 0 Å². The van der Waals surface area contributed by atoms with Gasteiger partial charge < -0.3 is 4.57 Å². The molecule has 20 heavy (non-hydrogen) atoms. The van der Waals surface area contributed by atoms with E-state index >= 15 is 0 Å². The van der Waals surface area contributed by atoms with Crippen LogP contribution in [-0.2, 0) is 13.5 Å². The molecule has 0 saturated carbocycles. The molecule has 1 heteroatoms. The molecule has 4 rings (SSSR count). The lowest BCUT2D eigenvalue weighted by Gasteiger charge is -2.07. The number of allylic oxidation sites excluding steroid dienone is 1. The van der Waals surface area contributed by atoms with Gasteiger partial charge in [-0.05, 0) is 36.1 Å². The van der Waals surface area contributed by atoms with Crippen LogP contribution in [0.15, 0.2) is 54.6 Å². The number of hydrogen-bond acceptors (Lipinski definition) is 0. The van der Waals surface area contributed by atoms with Gasteiger partial charge in [0.1, 0.15) is 0 Å². The van der Waals surface area contributed by atoms with Crippen LogP contribution >= 0.6 is 0 Å². The molecule has 1 nitrogen and oxygen atoms in total. The van der Waals surface area contributed by atoms with Crippen molar-refractivity contribution in [3.8, 4) is 11.1 Å². The highest BCUT2D eigenvalue weighted by Gasteiger charge is 2.15. The van der Waals surface area contributed by atoms with Crippen LogP contribution in [0, 0.1) is 0 Å². The maximum atomic E-state index is 2.35. The van der Waals surface area contributed by atoms with Gasteiger partial charge in [-0.1, -0.05) is 48.6 Å². The average Bonchev–Trinajstić information content (AvgIpc) is 2.81. The van der Waals surface area contributed by atoms with E-state index in [1.54, 1.807) is 0 Å². The van der Waals surface area contributed by atoms with E-state index < -0.39 is 0 Å². The van der Waals surface area contributed by atoms with E-state index in [0.717, 1.165) is 12.8 Å². The van der Waals surface area contributed by atoms with Crippen LogP contribution in [0.1, 0.15) is 17.7 Å². The Kier molecular flexibility index (Phi) is 2.53. The van der Waals surface area contributed by atoms with Gasteiger partial charge in [0.15, 0.2) is 0 Å². The summed E-state index contributed by atoms with van der Waals surface area (Å²) in [5, 5.41) is 1.37. The third-order valence-electron chi connectivity index (χ3n) is 4.30. The molecular formula is C19H17N. The SMILES string of the molecule is Cn1c2c(c3cc(-c4ccccc4)ccc31)C=CCC2. The summed E-state index contributed by atoms with van der Waals surface area (Å²) >= 11 is 0. The van der Waals surface area contributed by atoms with Gasteiger partial charge in [0.25, 0.3) is 0 Å². The first-order chi connectivity index (χ1) is 9.84. The van der Waals surface area contributed by atoms with Crippen molar-refractivity contribution in [3.63, 3.8) is 0 Å². The minimum Gasteiger partial charge on any atom is -0.347 e. The maximum absolute atomic E-state index is 2.35. The normalized spacial score (nSPS) is 13.7. The highest BCUT2D eigenvalue weighted by Crippen LogP contribution is 2.33. The summed E-state index contributed by atoms with van der Waals surface area (Å²) in [4.78, 5) is 0. The van der Waals surface area contributed by atoms with Gasteiger partial charge in [-0.15, -0.1) is 0 Å². The molecule has 0 bridgehead atoms. The average molecular weight is 259 g/mol. The number of nitrogens with zero attached hydrogens (tertiary/aromatic N) is 1. The summed E-state index contributed by atoms with van der Waals surface area (Å²) in [6.07, 6.45) is 6.88. The number of fused-ring (bicyclic) bond motifs is 3. The number of aryl methyl sites for hydroxylation is 1. The van der Waals surface area contributed by atoms with Gasteiger partial charge >= 0.3 is 0 Å². The van der Waals surface area contributed by atoms with Crippen molar-refractivity contribution in [2.45, 2.75) is 12.8 Å². The summed E-state index contributed by atoms with van der Waals surface area (Å²) < 4.78 is 2.35. The molecule has 0 fully saturated rings. The Morgan fingerprint density at radius 3 is 2.65 bits per heavy atom. The molecule has 0 N–H and O–H groups in total. The topological polar surface area (TPSA) is 4.93 Å². The van der Waals surface area contributed by atoms with Crippen molar-refractivity contribution in [2.75, 3.05) is 0 Å². The number of rotatable bonds is 1. The Morgan fingerprint density at radius 1 is 0.950 bits per heavy atom. The number of aromatic nitrogens is 1. The zero-order chi connectivity index (χ0) is 13.5. The Hall–Kier alpha value is -2.28. The molecule has 1 heterocycles. The first-order valence-electron chi connectivity index (χ1n) is 7.18. The van der Waals surface area contributed by atoms with Crippen molar-refractivity contribution >= 4 is 17.0 Å². The number of hydrogen-bond donors (Lipinski definition) is 0. The lowest BCUT2D eigenvalue weighted by Crippen LogP contribution is -1.99. The predicted molar refractivity (Wildman–Crippen MR) is 85.7 cm³/mol. The van der Waals surface area contributed by atoms with Gasteiger partial charge in [0.05, 0.1) is 0 Å². The van der Waals surface area contributed by atoms with Gasteiger partial charge in [-0.25, -0.2) is 0 Å². The Bertz CT molecular complexity index is 807. The van der Waals surface area contributed by atoms with Gasteiger partial charge in [0, 0.05) is 29.2 Å². The largest absolute Gasteiger partial charge is 0.347 e. The molecule has 2 aromatic carbocycles. The molecule has 0 aliphatic heterocycles. The molecule has 1 aromatic heterocycles. The first-order valence-corrected chi connectivity index (χ1v) is 7.18. The summed E-state index contributed by atoms with van der Waals surface area (Å²) in [5.74, 6) is 0. The van der Waals surface area contributed by atoms with Gasteiger partial charge in [-0.3, -0.25) is 0 Å². The fourth-order valence-corrected chi connectivity index (χ4v) is 3.25. The lowest BCUT2D eigenvalue weighted by molar-refractivity contribution is 0.824. The molecule has 0 unspecified atom stereocenters. The molecule has 0 atom stereocenters. The van der Waals surface area contributed by atoms with E-state index in [1.807, 2.05) is 0 Å². The maximum Gasteiger partial charge on any atom is 0.0486 e. The second kappa shape index (κ2) is 4.38. The Balaban J connectivity index is 1.99. The monoisotopic (exact) mass is 259 g/mol. The fourth-order valence-electron chi connectivity index (χ4n) is 3.25. The summed E-state index contributed by atoms with van der Waals surface area (Å²) in [5.41, 5.74) is 6.79. The van der Waals surface area contributed by atoms with E-state index in [4.69, 9.17) is 0 Å². The summed E-state index contributed by atoms with van der Waals surface area (Å²) in [7, 11) is 2.18. The quantitative estimate of drug-likeness (QED) is 0.591. The highest BCUT2D eigenvalue weighted by atomic mass is 14.9. The van der Waals surface area contributed by atoms with Crippen molar-refractivity contribution in [1.29, 1.82) is 0 Å². The molecule has 0 saturated heterocycles. The van der Waals surface area contributed by atoms with Gasteiger partial charge in [0.2, 0.25) is 0 Å². The Labute approximate surface area is 119 Å². The summed E-state index contributed by atoms with van der Waals surface area (Å²) in [6, 6.07) is 17.4. The van der Waals surface area contributed by atoms with Crippen LogP contribution in [0.3, 0.4) is 0 Å². The van der Waals surface area contributed by atoms with Crippen LogP contribution in [0.25, 0.3) is 28.1 Å². The zero-order valence-corrected chi connectivity index (χ0v) is 11.6. The second-order valence-corrected chi connectivity index (χ2v) is 5.46. The minimum absolute atomic E-state index is 1.15. The molecule has 98 valence electrons. The third kappa shape index (κ3) is 1.63. The van der Waals surface area contributed by atoms with Crippen molar-refractivity contribution in [3.05, 3.63) is 65.9 Å². The van der Waals surface area contributed by atoms with E-state index in [0.29, 0.717) is 0 Å². The molecule has 0 amide bonds. The standard InChI is InChI=1S/C19H17N/c1-20-18-10-6-5-9-16(18)17-13-15(11-12-19(17)20)14-7-3-2-4-8-14/h2-5,7-9,11-13H,6,10H2,1H3. The van der Waals surface area contributed by atoms with Crippen LogP contribution in [0.4, 0.5) is 0 Å². The fraction of sp³-hybridized carbons (Fsp3) is 0.158. The second-order valence-electron chi connectivity index (χ2n) is 5.46. The third-order valence-corrected chi connectivity index (χ3v) is 4.30. The predicted octanol–water partition coefficient (Wildman–Crippen LogP) is 4.80. The lowest BCUT2D eigenvalue weighted by atomic mass is 9.99. The number of benzene rings is 2. The first kappa shape index (κ1) is 11.5. The minimum atomic E-state index is 1.15. The Morgan fingerprint density at radius 2 is 1.80 bits per heavy atom. The molecule has 0 spiro atoms. The highest BCUT2D eigenvalue weighted by molar-refractivity contribution is 5.94. The van der Waals surface area contributed by atoms with Crippen molar-refractivity contribution in [1.82, 2.24) is 4.57 Å². The zero-order valence-electron chi connectivity index (χ0n) is 11.6. The van der Waals surface area contributed by atoms with E-state index in [1.165, 1.54) is 33.3 Å². The smallest absolute Gasteiger partial charge is 0.0486 e. The van der Waals surface area contributed by atoms with E-state index in [2.05, 4.69) is 72.3 Å². The molecule has 1 aliphatic rings. The van der Waals surface area contributed by atoms with Crippen LogP contribution < -0.4 is 0 Å². The van der Waals surface area contributed by atoms with Crippen LogP contribution in [0.5, 0.6) is 0 Å². The van der Waals surface area contributed by atoms with E-state index in [-0.39, 0.29) is 0 Å². The van der Waals surface area contributed by atoms with Crippen molar-refractivity contribution in [2.24, 2.45) is 7.05 Å². The van der Waals surface area contributed by atoms with Gasteiger partial charge in [-0.2, -0.15) is 0 Å². The van der Waals surface area contributed by atoms with Crippen molar-refractivity contribution < 1.29 is 0 Å². The molecule has 3 aromatic rings. The van der Waals surface area contributed by atoms with Crippen LogP contribution in [-0.4, -0.2) is 4.57 Å². The molecule has 1 aliphatic carbocycles. The molecular weight excluding hydrogens is 242 g/mol. The summed E-state index contributed by atoms with van der Waals surface area (Å²) in [6.45, 7) is 0.